The molecule has 9 heteroatoms. The van der Waals surface area contributed by atoms with Gasteiger partial charge < -0.3 is 19.7 Å². The normalized spacial score (nSPS) is 19.5. The predicted octanol–water partition coefficient (Wildman–Crippen LogP) is 6.05. The van der Waals surface area contributed by atoms with Gasteiger partial charge in [0.15, 0.2) is 0 Å². The summed E-state index contributed by atoms with van der Waals surface area (Å²) in [5.74, 6) is -2.86. The lowest BCUT2D eigenvalue weighted by Gasteiger charge is -2.31. The zero-order valence-corrected chi connectivity index (χ0v) is 25.2. The van der Waals surface area contributed by atoms with E-state index >= 15 is 0 Å². The average Bonchev–Trinajstić information content (AvgIpc) is 3.40. The van der Waals surface area contributed by atoms with E-state index in [9.17, 15) is 18.8 Å². The monoisotopic (exact) mass is 644 g/mol. The van der Waals surface area contributed by atoms with Gasteiger partial charge in [-0.05, 0) is 59.2 Å². The molecule has 4 aromatic carbocycles. The maximum Gasteiger partial charge on any atom is 0.311 e. The topological polar surface area (TPSA) is 84.9 Å². The number of carbonyl (C=O) groups excluding carboxylic acids is 3. The third-order valence-corrected chi connectivity index (χ3v) is 8.23. The predicted molar refractivity (Wildman–Crippen MR) is 163 cm³/mol. The van der Waals surface area contributed by atoms with Gasteiger partial charge in [0.05, 0.1) is 26.2 Å². The van der Waals surface area contributed by atoms with Crippen LogP contribution in [0.15, 0.2) is 108 Å². The molecule has 1 fully saturated rings. The molecule has 1 heterocycles. The molecule has 2 amide bonds. The van der Waals surface area contributed by atoms with Crippen LogP contribution in [0.4, 0.5) is 4.39 Å². The average molecular weight is 646 g/mol. The number of benzene rings is 4. The quantitative estimate of drug-likeness (QED) is 0.236. The number of likely N-dealkylation sites (tertiary alicyclic amines) is 1. The summed E-state index contributed by atoms with van der Waals surface area (Å²) in [5, 5.41) is 2.94. The van der Waals surface area contributed by atoms with Crippen molar-refractivity contribution in [1.29, 1.82) is 0 Å². The van der Waals surface area contributed by atoms with E-state index in [4.69, 9.17) is 9.47 Å². The summed E-state index contributed by atoms with van der Waals surface area (Å²) in [4.78, 5) is 43.9. The number of rotatable bonds is 8. The Balaban J connectivity index is 1.68. The Bertz CT molecular complexity index is 1600. The summed E-state index contributed by atoms with van der Waals surface area (Å²) in [5.41, 5.74) is 2.39. The first-order valence-corrected chi connectivity index (χ1v) is 14.5. The first-order valence-electron chi connectivity index (χ1n) is 13.7. The van der Waals surface area contributed by atoms with Crippen molar-refractivity contribution in [2.45, 2.75) is 24.5 Å². The van der Waals surface area contributed by atoms with E-state index in [1.54, 1.807) is 67.8 Å². The molecule has 0 aromatic heterocycles. The number of amides is 2. The van der Waals surface area contributed by atoms with Crippen LogP contribution in [0.3, 0.4) is 0 Å². The molecule has 0 saturated carbocycles. The lowest BCUT2D eigenvalue weighted by Crippen LogP contribution is -2.48. The Hall–Kier alpha value is -4.50. The fourth-order valence-electron chi connectivity index (χ4n) is 5.77. The number of nitrogens with one attached hydrogen (secondary N) is 1. The van der Waals surface area contributed by atoms with E-state index in [1.165, 1.54) is 24.1 Å². The molecule has 4 unspecified atom stereocenters. The second-order valence-electron chi connectivity index (χ2n) is 10.2. The fraction of sp³-hybridized carbons (Fsp3) is 0.206. The van der Waals surface area contributed by atoms with Crippen molar-refractivity contribution in [3.63, 3.8) is 0 Å². The van der Waals surface area contributed by atoms with Gasteiger partial charge in [-0.25, -0.2) is 4.39 Å². The van der Waals surface area contributed by atoms with Crippen molar-refractivity contribution in [3.8, 4) is 5.75 Å². The summed E-state index contributed by atoms with van der Waals surface area (Å²) >= 11 is 3.44. The number of ether oxygens (including phenoxy) is 2. The zero-order valence-electron chi connectivity index (χ0n) is 23.6. The van der Waals surface area contributed by atoms with Gasteiger partial charge in [-0.1, -0.05) is 76.6 Å². The summed E-state index contributed by atoms with van der Waals surface area (Å²) in [6.45, 7) is 0.103. The molecule has 1 aliphatic heterocycles. The Morgan fingerprint density at radius 2 is 1.56 bits per heavy atom. The van der Waals surface area contributed by atoms with Gasteiger partial charge in [-0.15, -0.1) is 0 Å². The number of methoxy groups -OCH3 is 2. The number of hydrogen-bond donors (Lipinski definition) is 1. The third kappa shape index (κ3) is 6.32. The molecular formula is C34H30BrFN2O5. The van der Waals surface area contributed by atoms with Gasteiger partial charge in [-0.3, -0.25) is 14.4 Å². The Morgan fingerprint density at radius 3 is 2.19 bits per heavy atom. The highest BCUT2D eigenvalue weighted by Crippen LogP contribution is 2.51. The molecule has 1 aliphatic rings. The molecule has 1 N–H and O–H groups in total. The van der Waals surface area contributed by atoms with Crippen LogP contribution >= 0.6 is 15.9 Å². The van der Waals surface area contributed by atoms with E-state index < -0.39 is 41.7 Å². The second kappa shape index (κ2) is 13.2. The van der Waals surface area contributed by atoms with E-state index in [1.807, 2.05) is 30.3 Å². The van der Waals surface area contributed by atoms with Crippen LogP contribution in [0.25, 0.3) is 0 Å². The minimum Gasteiger partial charge on any atom is -0.497 e. The van der Waals surface area contributed by atoms with Gasteiger partial charge in [0, 0.05) is 22.5 Å². The van der Waals surface area contributed by atoms with E-state index in [2.05, 4.69) is 21.2 Å². The molecule has 4 atom stereocenters. The molecule has 0 radical (unpaired) electrons. The number of halogens is 2. The van der Waals surface area contributed by atoms with Crippen LogP contribution in [0.2, 0.25) is 0 Å². The molecule has 5 rings (SSSR count). The third-order valence-electron chi connectivity index (χ3n) is 7.74. The number of carbonyl (C=O) groups is 3. The summed E-state index contributed by atoms with van der Waals surface area (Å²) in [6, 6.07) is 27.1. The molecule has 43 heavy (non-hydrogen) atoms. The lowest BCUT2D eigenvalue weighted by molar-refractivity contribution is -0.146. The van der Waals surface area contributed by atoms with Crippen molar-refractivity contribution in [3.05, 3.63) is 136 Å². The SMILES string of the molecule is COC(=O)C1C(c2ccccc2)C(C(=O)NCc2ccc(F)cc2)N(C(=O)c2cccc(Br)c2)C1c1ccc(OC)cc1. The largest absolute Gasteiger partial charge is 0.497 e. The number of nitrogens with zero attached hydrogens (tertiary/aromatic N) is 1. The standard InChI is InChI=1S/C34H30BrFN2O5/c1-42-27-17-13-23(14-18-27)30-29(34(41)43-2)28(22-7-4-3-5-8-22)31(32(39)37-20-21-11-15-26(36)16-12-21)38(30)33(40)24-9-6-10-25(35)19-24/h3-19,28-31H,20H2,1-2H3,(H,37,39). The second-order valence-corrected chi connectivity index (χ2v) is 11.1. The van der Waals surface area contributed by atoms with Crippen LogP contribution in [0.5, 0.6) is 5.75 Å². The Labute approximate surface area is 257 Å². The van der Waals surface area contributed by atoms with Crippen LogP contribution in [0.1, 0.15) is 39.0 Å². The molecule has 4 aromatic rings. The van der Waals surface area contributed by atoms with E-state index in [-0.39, 0.29) is 12.4 Å². The van der Waals surface area contributed by atoms with Crippen molar-refractivity contribution >= 4 is 33.7 Å². The van der Waals surface area contributed by atoms with Gasteiger partial charge >= 0.3 is 5.97 Å². The van der Waals surface area contributed by atoms with Crippen molar-refractivity contribution < 1.29 is 28.2 Å². The molecule has 0 spiro atoms. The van der Waals surface area contributed by atoms with Gasteiger partial charge in [0.1, 0.15) is 17.6 Å². The first-order chi connectivity index (χ1) is 20.8. The van der Waals surface area contributed by atoms with E-state index in [0.717, 1.165) is 0 Å². The molecule has 220 valence electrons. The molecule has 1 saturated heterocycles. The highest BCUT2D eigenvalue weighted by molar-refractivity contribution is 9.10. The lowest BCUT2D eigenvalue weighted by atomic mass is 9.79. The van der Waals surface area contributed by atoms with Crippen LogP contribution in [-0.2, 0) is 20.9 Å². The maximum atomic E-state index is 14.5. The zero-order chi connectivity index (χ0) is 30.5. The highest BCUT2D eigenvalue weighted by Gasteiger charge is 2.58. The van der Waals surface area contributed by atoms with Crippen LogP contribution in [-0.4, -0.2) is 42.9 Å². The molecule has 0 aliphatic carbocycles. The summed E-state index contributed by atoms with van der Waals surface area (Å²) in [6.07, 6.45) is 0. The Kier molecular flexibility index (Phi) is 9.21. The van der Waals surface area contributed by atoms with E-state index in [0.29, 0.717) is 32.5 Å². The van der Waals surface area contributed by atoms with Gasteiger partial charge in [0.25, 0.3) is 5.91 Å². The number of esters is 1. The van der Waals surface area contributed by atoms with Crippen molar-refractivity contribution in [1.82, 2.24) is 10.2 Å². The van der Waals surface area contributed by atoms with Crippen LogP contribution < -0.4 is 10.1 Å². The Morgan fingerprint density at radius 1 is 0.860 bits per heavy atom. The van der Waals surface area contributed by atoms with Gasteiger partial charge in [0.2, 0.25) is 5.91 Å². The minimum atomic E-state index is -1.09. The van der Waals surface area contributed by atoms with Crippen LogP contribution in [0, 0.1) is 11.7 Å². The highest BCUT2D eigenvalue weighted by atomic mass is 79.9. The fourth-order valence-corrected chi connectivity index (χ4v) is 6.17. The van der Waals surface area contributed by atoms with Crippen molar-refractivity contribution in [2.75, 3.05) is 14.2 Å². The minimum absolute atomic E-state index is 0.103. The van der Waals surface area contributed by atoms with Gasteiger partial charge in [-0.2, -0.15) is 0 Å². The summed E-state index contributed by atoms with van der Waals surface area (Å²) < 4.78 is 24.9. The smallest absolute Gasteiger partial charge is 0.311 e. The molecule has 0 bridgehead atoms. The van der Waals surface area contributed by atoms with Crippen molar-refractivity contribution in [2.24, 2.45) is 5.92 Å². The molecule has 7 nitrogen and oxygen atoms in total. The molecular weight excluding hydrogens is 615 g/mol. The number of hydrogen-bond acceptors (Lipinski definition) is 5. The maximum absolute atomic E-state index is 14.5. The summed E-state index contributed by atoms with van der Waals surface area (Å²) in [7, 11) is 2.86. The first kappa shape index (κ1) is 30.0.